The lowest BCUT2D eigenvalue weighted by Crippen LogP contribution is -2.24. The van der Waals surface area contributed by atoms with Crippen molar-refractivity contribution in [3.05, 3.63) is 65.0 Å². The van der Waals surface area contributed by atoms with Gasteiger partial charge in [0.1, 0.15) is 17.3 Å². The molecule has 1 amide bonds. The van der Waals surface area contributed by atoms with Crippen LogP contribution in [0.15, 0.2) is 46.9 Å². The lowest BCUT2D eigenvalue weighted by atomic mass is 10.1. The monoisotopic (exact) mass is 428 g/mol. The van der Waals surface area contributed by atoms with Crippen molar-refractivity contribution in [1.29, 1.82) is 0 Å². The molecule has 7 nitrogen and oxygen atoms in total. The van der Waals surface area contributed by atoms with Gasteiger partial charge in [-0.2, -0.15) is 0 Å². The Labute approximate surface area is 176 Å². The van der Waals surface area contributed by atoms with Gasteiger partial charge in [-0.1, -0.05) is 23.8 Å². The molecule has 0 spiro atoms. The van der Waals surface area contributed by atoms with Gasteiger partial charge in [0, 0.05) is 11.3 Å². The van der Waals surface area contributed by atoms with Crippen molar-refractivity contribution in [1.82, 2.24) is 4.98 Å². The van der Waals surface area contributed by atoms with Gasteiger partial charge < -0.3 is 14.5 Å². The van der Waals surface area contributed by atoms with Gasteiger partial charge in [-0.15, -0.1) is 0 Å². The van der Waals surface area contributed by atoms with Crippen LogP contribution in [-0.2, 0) is 20.4 Å². The topological polar surface area (TPSA) is 98.5 Å². The zero-order valence-electron chi connectivity index (χ0n) is 17.4. The molecule has 0 saturated heterocycles. The summed E-state index contributed by atoms with van der Waals surface area (Å²) in [4.78, 5) is 16.6. The van der Waals surface area contributed by atoms with Crippen LogP contribution < -0.4 is 10.1 Å². The average molecular weight is 429 g/mol. The minimum atomic E-state index is -3.74. The number of benzene rings is 2. The van der Waals surface area contributed by atoms with Gasteiger partial charge in [-0.25, -0.2) is 13.4 Å². The Bertz CT molecular complexity index is 1180. The molecule has 0 atom stereocenters. The van der Waals surface area contributed by atoms with Crippen molar-refractivity contribution in [3.63, 3.8) is 0 Å². The molecule has 0 aliphatic heterocycles. The first-order valence-corrected chi connectivity index (χ1v) is 11.2. The van der Waals surface area contributed by atoms with Crippen molar-refractivity contribution in [2.45, 2.75) is 26.5 Å². The molecule has 0 radical (unpaired) electrons. The summed E-state index contributed by atoms with van der Waals surface area (Å²) < 4.78 is 36.0. The van der Waals surface area contributed by atoms with Gasteiger partial charge in [-0.3, -0.25) is 4.79 Å². The summed E-state index contributed by atoms with van der Waals surface area (Å²) in [6.07, 6.45) is 0. The third-order valence-corrected chi connectivity index (χ3v) is 5.99. The first-order chi connectivity index (χ1) is 14.2. The lowest BCUT2D eigenvalue weighted by molar-refractivity contribution is -0.113. The molecule has 1 N–H and O–H groups in total. The van der Waals surface area contributed by atoms with Crippen LogP contribution in [0, 0.1) is 20.8 Å². The van der Waals surface area contributed by atoms with E-state index >= 15 is 0 Å². The number of rotatable bonds is 7. The van der Waals surface area contributed by atoms with Gasteiger partial charge in [0.2, 0.25) is 11.8 Å². The fraction of sp³-hybridized carbons (Fsp3) is 0.273. The Morgan fingerprint density at radius 3 is 2.60 bits per heavy atom. The maximum absolute atomic E-state index is 12.6. The summed E-state index contributed by atoms with van der Waals surface area (Å²) in [7, 11) is -2.18. The molecular weight excluding hydrogens is 404 g/mol. The highest BCUT2D eigenvalue weighted by Crippen LogP contribution is 2.26. The minimum Gasteiger partial charge on any atom is -0.497 e. The molecular formula is C22H24N2O5S. The SMILES string of the molecule is COc1cccc(-c2nc(CS(=O)(=O)CC(=O)Nc3ccc(C)cc3C)c(C)o2)c1. The highest BCUT2D eigenvalue weighted by molar-refractivity contribution is 7.91. The number of carbonyl (C=O) groups excluding carboxylic acids is 1. The van der Waals surface area contributed by atoms with Crippen molar-refractivity contribution in [3.8, 4) is 17.2 Å². The zero-order valence-corrected chi connectivity index (χ0v) is 18.2. The first-order valence-electron chi connectivity index (χ1n) is 9.35. The smallest absolute Gasteiger partial charge is 0.239 e. The van der Waals surface area contributed by atoms with Crippen LogP contribution in [0.4, 0.5) is 5.69 Å². The van der Waals surface area contributed by atoms with E-state index in [4.69, 9.17) is 9.15 Å². The van der Waals surface area contributed by atoms with Crippen LogP contribution in [0.1, 0.15) is 22.6 Å². The largest absolute Gasteiger partial charge is 0.497 e. The van der Waals surface area contributed by atoms with Gasteiger partial charge in [0.25, 0.3) is 0 Å². The van der Waals surface area contributed by atoms with E-state index in [1.807, 2.05) is 26.0 Å². The number of oxazole rings is 1. The van der Waals surface area contributed by atoms with Gasteiger partial charge in [-0.05, 0) is 50.6 Å². The molecule has 3 rings (SSSR count). The number of ether oxygens (including phenoxy) is 1. The van der Waals surface area contributed by atoms with Crippen LogP contribution in [0.2, 0.25) is 0 Å². The highest BCUT2D eigenvalue weighted by Gasteiger charge is 2.22. The van der Waals surface area contributed by atoms with Gasteiger partial charge in [0.05, 0.1) is 18.6 Å². The number of hydrogen-bond donors (Lipinski definition) is 1. The summed E-state index contributed by atoms with van der Waals surface area (Å²) in [6, 6.07) is 12.7. The van der Waals surface area contributed by atoms with Crippen LogP contribution in [-0.4, -0.2) is 32.2 Å². The average Bonchev–Trinajstić information content (AvgIpc) is 3.03. The van der Waals surface area contributed by atoms with Gasteiger partial charge in [0.15, 0.2) is 9.84 Å². The molecule has 0 aliphatic carbocycles. The Morgan fingerprint density at radius 2 is 1.90 bits per heavy atom. The number of aromatic nitrogens is 1. The van der Waals surface area contributed by atoms with E-state index in [1.54, 1.807) is 44.4 Å². The minimum absolute atomic E-state index is 0.284. The predicted molar refractivity (Wildman–Crippen MR) is 115 cm³/mol. The van der Waals surface area contributed by atoms with E-state index in [1.165, 1.54) is 0 Å². The molecule has 1 heterocycles. The molecule has 1 aromatic heterocycles. The van der Waals surface area contributed by atoms with Crippen molar-refractivity contribution < 1.29 is 22.4 Å². The second-order valence-corrected chi connectivity index (χ2v) is 9.22. The molecule has 0 aliphatic rings. The third kappa shape index (κ3) is 5.27. The molecule has 0 bridgehead atoms. The Hall–Kier alpha value is -3.13. The maximum atomic E-state index is 12.6. The first kappa shape index (κ1) is 21.6. The number of sulfone groups is 1. The molecule has 2 aromatic carbocycles. The van der Waals surface area contributed by atoms with Crippen molar-refractivity contribution >= 4 is 21.4 Å². The number of carbonyl (C=O) groups is 1. The van der Waals surface area contributed by atoms with Crippen LogP contribution in [0.25, 0.3) is 11.5 Å². The summed E-state index contributed by atoms with van der Waals surface area (Å²) >= 11 is 0. The fourth-order valence-corrected chi connectivity index (χ4v) is 4.30. The number of anilines is 1. The maximum Gasteiger partial charge on any atom is 0.239 e. The molecule has 8 heteroatoms. The van der Waals surface area contributed by atoms with E-state index in [-0.39, 0.29) is 11.4 Å². The summed E-state index contributed by atoms with van der Waals surface area (Å²) in [5.74, 6) is -0.271. The van der Waals surface area contributed by atoms with E-state index in [0.717, 1.165) is 11.1 Å². The standard InChI is InChI=1S/C22H24N2O5S/c1-14-8-9-19(15(2)10-14)23-21(25)13-30(26,27)12-20-16(3)29-22(24-20)17-6-5-7-18(11-17)28-4/h5-11H,12-13H2,1-4H3,(H,23,25). The number of amides is 1. The fourth-order valence-electron chi connectivity index (χ4n) is 3.04. The Kier molecular flexibility index (Phi) is 6.26. The molecule has 30 heavy (non-hydrogen) atoms. The Balaban J connectivity index is 1.72. The van der Waals surface area contributed by atoms with E-state index in [9.17, 15) is 13.2 Å². The van der Waals surface area contributed by atoms with Crippen molar-refractivity contribution in [2.24, 2.45) is 0 Å². The van der Waals surface area contributed by atoms with Crippen LogP contribution in [0.3, 0.4) is 0 Å². The number of nitrogens with one attached hydrogen (secondary N) is 1. The third-order valence-electron chi connectivity index (χ3n) is 4.57. The normalized spacial score (nSPS) is 11.3. The molecule has 0 fully saturated rings. The van der Waals surface area contributed by atoms with Gasteiger partial charge >= 0.3 is 0 Å². The van der Waals surface area contributed by atoms with E-state index in [0.29, 0.717) is 28.7 Å². The number of aryl methyl sites for hydroxylation is 3. The predicted octanol–water partition coefficient (Wildman–Crippen LogP) is 3.83. The molecule has 158 valence electrons. The van der Waals surface area contributed by atoms with E-state index in [2.05, 4.69) is 10.3 Å². The highest BCUT2D eigenvalue weighted by atomic mass is 32.2. The Morgan fingerprint density at radius 1 is 1.13 bits per heavy atom. The quantitative estimate of drug-likeness (QED) is 0.614. The molecule has 3 aromatic rings. The summed E-state index contributed by atoms with van der Waals surface area (Å²) in [6.45, 7) is 5.45. The second-order valence-electron chi connectivity index (χ2n) is 7.15. The summed E-state index contributed by atoms with van der Waals surface area (Å²) in [5, 5.41) is 2.66. The van der Waals surface area contributed by atoms with E-state index < -0.39 is 21.5 Å². The van der Waals surface area contributed by atoms with Crippen LogP contribution >= 0.6 is 0 Å². The number of nitrogens with zero attached hydrogens (tertiary/aromatic N) is 1. The zero-order chi connectivity index (χ0) is 21.9. The second kappa shape index (κ2) is 8.71. The molecule has 0 saturated carbocycles. The van der Waals surface area contributed by atoms with Crippen LogP contribution in [0.5, 0.6) is 5.75 Å². The summed E-state index contributed by atoms with van der Waals surface area (Å²) in [5.41, 5.74) is 3.49. The molecule has 0 unspecified atom stereocenters. The number of hydrogen-bond acceptors (Lipinski definition) is 6. The lowest BCUT2D eigenvalue weighted by Gasteiger charge is -2.09. The number of methoxy groups -OCH3 is 1. The van der Waals surface area contributed by atoms with Crippen molar-refractivity contribution in [2.75, 3.05) is 18.2 Å².